The van der Waals surface area contributed by atoms with Gasteiger partial charge in [-0.25, -0.2) is 4.79 Å². The minimum Gasteiger partial charge on any atom is -0.457 e. The fraction of sp³-hybridized carbons (Fsp3) is 0.176. The molecule has 7 heteroatoms. The Labute approximate surface area is 136 Å². The van der Waals surface area contributed by atoms with Crippen molar-refractivity contribution in [1.82, 2.24) is 0 Å². The van der Waals surface area contributed by atoms with Crippen LogP contribution in [0.25, 0.3) is 0 Å². The summed E-state index contributed by atoms with van der Waals surface area (Å²) in [6.45, 7) is 0.817. The number of amides is 1. The van der Waals surface area contributed by atoms with E-state index in [4.69, 9.17) is 4.74 Å². The third kappa shape index (κ3) is 4.58. The van der Waals surface area contributed by atoms with Gasteiger partial charge in [0.25, 0.3) is 0 Å². The predicted molar refractivity (Wildman–Crippen MR) is 81.3 cm³/mol. The quantitative estimate of drug-likeness (QED) is 0.857. The first-order valence-electron chi connectivity index (χ1n) is 6.97. The first-order valence-corrected chi connectivity index (χ1v) is 6.97. The minimum atomic E-state index is -4.52. The molecule has 24 heavy (non-hydrogen) atoms. The highest BCUT2D eigenvalue weighted by Crippen LogP contribution is 2.32. The summed E-state index contributed by atoms with van der Waals surface area (Å²) >= 11 is 0. The van der Waals surface area contributed by atoms with Gasteiger partial charge in [0, 0.05) is 18.2 Å². The summed E-state index contributed by atoms with van der Waals surface area (Å²) in [5, 5.41) is 2.51. The van der Waals surface area contributed by atoms with Crippen LogP contribution < -0.4 is 5.32 Å². The molecule has 0 saturated carbocycles. The summed E-state index contributed by atoms with van der Waals surface area (Å²) in [5.41, 5.74) is -0.445. The molecule has 0 aromatic heterocycles. The first kappa shape index (κ1) is 17.5. The number of alkyl halides is 3. The Morgan fingerprint density at radius 1 is 1.08 bits per heavy atom. The SMILES string of the molecule is CC(=O)Nc1cccc(C(=O)OCc2ccccc2C(F)(F)F)c1. The monoisotopic (exact) mass is 337 g/mol. The molecule has 1 amide bonds. The number of halogens is 3. The van der Waals surface area contributed by atoms with E-state index in [0.717, 1.165) is 6.07 Å². The van der Waals surface area contributed by atoms with Crippen molar-refractivity contribution in [2.75, 3.05) is 5.32 Å². The maximum Gasteiger partial charge on any atom is 0.416 e. The maximum absolute atomic E-state index is 12.9. The van der Waals surface area contributed by atoms with E-state index in [9.17, 15) is 22.8 Å². The summed E-state index contributed by atoms with van der Waals surface area (Å²) < 4.78 is 43.6. The van der Waals surface area contributed by atoms with Gasteiger partial charge in [-0.2, -0.15) is 13.2 Å². The zero-order valence-electron chi connectivity index (χ0n) is 12.7. The van der Waals surface area contributed by atoms with Crippen molar-refractivity contribution >= 4 is 17.6 Å². The second-order valence-corrected chi connectivity index (χ2v) is 4.99. The van der Waals surface area contributed by atoms with Crippen molar-refractivity contribution in [3.63, 3.8) is 0 Å². The molecule has 2 aromatic carbocycles. The standard InChI is InChI=1S/C17H14F3NO3/c1-11(22)21-14-7-4-6-12(9-14)16(23)24-10-13-5-2-3-8-15(13)17(18,19)20/h2-9H,10H2,1H3,(H,21,22). The molecule has 1 N–H and O–H groups in total. The highest BCUT2D eigenvalue weighted by Gasteiger charge is 2.33. The summed E-state index contributed by atoms with van der Waals surface area (Å²) in [6, 6.07) is 10.8. The molecule has 0 saturated heterocycles. The number of esters is 1. The van der Waals surface area contributed by atoms with E-state index in [1.807, 2.05) is 0 Å². The molecule has 0 aliphatic heterocycles. The molecule has 0 heterocycles. The molecular weight excluding hydrogens is 323 g/mol. The van der Waals surface area contributed by atoms with E-state index in [1.165, 1.54) is 43.3 Å². The van der Waals surface area contributed by atoms with Crippen LogP contribution in [0, 0.1) is 0 Å². The van der Waals surface area contributed by atoms with Gasteiger partial charge in [-0.05, 0) is 24.3 Å². The lowest BCUT2D eigenvalue weighted by Crippen LogP contribution is -2.12. The Bertz CT molecular complexity index is 757. The highest BCUT2D eigenvalue weighted by molar-refractivity contribution is 5.93. The van der Waals surface area contributed by atoms with Gasteiger partial charge < -0.3 is 10.1 Å². The Morgan fingerprint density at radius 3 is 2.46 bits per heavy atom. The second kappa shape index (κ2) is 7.16. The van der Waals surface area contributed by atoms with Crippen LogP contribution in [0.4, 0.5) is 18.9 Å². The Morgan fingerprint density at radius 2 is 1.79 bits per heavy atom. The highest BCUT2D eigenvalue weighted by atomic mass is 19.4. The number of benzene rings is 2. The van der Waals surface area contributed by atoms with Crippen molar-refractivity contribution in [3.8, 4) is 0 Å². The van der Waals surface area contributed by atoms with E-state index < -0.39 is 24.3 Å². The maximum atomic E-state index is 12.9. The van der Waals surface area contributed by atoms with Gasteiger partial charge in [0.1, 0.15) is 6.61 Å². The number of carbonyl (C=O) groups excluding carboxylic acids is 2. The second-order valence-electron chi connectivity index (χ2n) is 4.99. The molecule has 2 rings (SSSR count). The summed E-state index contributed by atoms with van der Waals surface area (Å²) in [4.78, 5) is 23.0. The van der Waals surface area contributed by atoms with Crippen molar-refractivity contribution in [2.24, 2.45) is 0 Å². The fourth-order valence-corrected chi connectivity index (χ4v) is 2.08. The zero-order chi connectivity index (χ0) is 17.7. The van der Waals surface area contributed by atoms with Gasteiger partial charge in [-0.1, -0.05) is 24.3 Å². The van der Waals surface area contributed by atoms with E-state index in [0.29, 0.717) is 5.69 Å². The van der Waals surface area contributed by atoms with Crippen LogP contribution in [-0.2, 0) is 22.3 Å². The van der Waals surface area contributed by atoms with Crippen LogP contribution in [0.1, 0.15) is 28.4 Å². The van der Waals surface area contributed by atoms with Gasteiger partial charge in [0.2, 0.25) is 5.91 Å². The summed E-state index contributed by atoms with van der Waals surface area (Å²) in [7, 11) is 0. The van der Waals surface area contributed by atoms with Crippen LogP contribution in [0.2, 0.25) is 0 Å². The average Bonchev–Trinajstić information content (AvgIpc) is 2.51. The van der Waals surface area contributed by atoms with Gasteiger partial charge in [-0.15, -0.1) is 0 Å². The lowest BCUT2D eigenvalue weighted by atomic mass is 10.1. The topological polar surface area (TPSA) is 55.4 Å². The number of hydrogen-bond acceptors (Lipinski definition) is 3. The number of ether oxygens (including phenoxy) is 1. The first-order chi connectivity index (χ1) is 11.3. The van der Waals surface area contributed by atoms with Crippen molar-refractivity contribution in [2.45, 2.75) is 19.7 Å². The van der Waals surface area contributed by atoms with Crippen molar-refractivity contribution in [3.05, 3.63) is 65.2 Å². The molecule has 2 aromatic rings. The van der Waals surface area contributed by atoms with E-state index in [-0.39, 0.29) is 17.0 Å². The number of nitrogens with one attached hydrogen (secondary N) is 1. The summed E-state index contributed by atoms with van der Waals surface area (Å²) in [6.07, 6.45) is -4.52. The third-order valence-corrected chi connectivity index (χ3v) is 3.10. The molecule has 0 radical (unpaired) electrons. The normalized spacial score (nSPS) is 11.0. The molecule has 0 fully saturated rings. The molecule has 0 atom stereocenters. The Balaban J connectivity index is 2.11. The fourth-order valence-electron chi connectivity index (χ4n) is 2.08. The van der Waals surface area contributed by atoms with Crippen LogP contribution >= 0.6 is 0 Å². The lowest BCUT2D eigenvalue weighted by molar-refractivity contribution is -0.138. The van der Waals surface area contributed by atoms with Gasteiger partial charge in [0.15, 0.2) is 0 Å². The number of rotatable bonds is 4. The number of hydrogen-bond donors (Lipinski definition) is 1. The molecule has 0 unspecified atom stereocenters. The van der Waals surface area contributed by atoms with Crippen molar-refractivity contribution < 1.29 is 27.5 Å². The van der Waals surface area contributed by atoms with Crippen LogP contribution in [0.5, 0.6) is 0 Å². The lowest BCUT2D eigenvalue weighted by Gasteiger charge is -2.13. The molecule has 0 aliphatic carbocycles. The molecule has 0 aliphatic rings. The van der Waals surface area contributed by atoms with Gasteiger partial charge in [0.05, 0.1) is 11.1 Å². The van der Waals surface area contributed by atoms with E-state index in [1.54, 1.807) is 6.07 Å². The molecule has 0 spiro atoms. The predicted octanol–water partition coefficient (Wildman–Crippen LogP) is 4.02. The van der Waals surface area contributed by atoms with E-state index >= 15 is 0 Å². The molecule has 4 nitrogen and oxygen atoms in total. The molecule has 0 bridgehead atoms. The minimum absolute atomic E-state index is 0.128. The van der Waals surface area contributed by atoms with Crippen LogP contribution in [-0.4, -0.2) is 11.9 Å². The largest absolute Gasteiger partial charge is 0.457 e. The van der Waals surface area contributed by atoms with Crippen molar-refractivity contribution in [1.29, 1.82) is 0 Å². The smallest absolute Gasteiger partial charge is 0.416 e. The van der Waals surface area contributed by atoms with E-state index in [2.05, 4.69) is 5.32 Å². The average molecular weight is 337 g/mol. The Hall–Kier alpha value is -2.83. The van der Waals surface area contributed by atoms with Gasteiger partial charge >= 0.3 is 12.1 Å². The molecular formula is C17H14F3NO3. The third-order valence-electron chi connectivity index (χ3n) is 3.10. The number of anilines is 1. The van der Waals surface area contributed by atoms with Gasteiger partial charge in [-0.3, -0.25) is 4.79 Å². The Kier molecular flexibility index (Phi) is 5.23. The molecule has 126 valence electrons. The van der Waals surface area contributed by atoms with Crippen LogP contribution in [0.15, 0.2) is 48.5 Å². The zero-order valence-corrected chi connectivity index (χ0v) is 12.7. The number of carbonyl (C=O) groups is 2. The summed E-state index contributed by atoms with van der Waals surface area (Å²) in [5.74, 6) is -1.08. The van der Waals surface area contributed by atoms with Crippen LogP contribution in [0.3, 0.4) is 0 Å².